The standard InChI is InChI=1S/C5H7BrO2/c6-4(5(7)8)3-1-2-3/h3-4H,1-2H2,(H,7,8)/t4-/m0/s1. The molecule has 0 unspecified atom stereocenters. The minimum atomic E-state index is -0.729. The maximum Gasteiger partial charge on any atom is 0.317 e. The van der Waals surface area contributed by atoms with Crippen LogP contribution in [0.3, 0.4) is 0 Å². The number of rotatable bonds is 2. The van der Waals surface area contributed by atoms with Crippen molar-refractivity contribution in [2.45, 2.75) is 17.7 Å². The van der Waals surface area contributed by atoms with Crippen molar-refractivity contribution in [3.8, 4) is 0 Å². The Bertz CT molecular complexity index is 109. The molecular weight excluding hydrogens is 172 g/mol. The van der Waals surface area contributed by atoms with Gasteiger partial charge in [0.05, 0.1) is 0 Å². The summed E-state index contributed by atoms with van der Waals surface area (Å²) in [7, 11) is 0. The third-order valence-corrected chi connectivity index (χ3v) is 2.41. The van der Waals surface area contributed by atoms with Crippen LogP contribution >= 0.6 is 15.9 Å². The fraction of sp³-hybridized carbons (Fsp3) is 0.800. The number of alkyl halides is 1. The number of hydrogen-bond acceptors (Lipinski definition) is 1. The van der Waals surface area contributed by atoms with Gasteiger partial charge in [0, 0.05) is 0 Å². The quantitative estimate of drug-likeness (QED) is 0.647. The summed E-state index contributed by atoms with van der Waals surface area (Å²) < 4.78 is 0. The van der Waals surface area contributed by atoms with Crippen molar-refractivity contribution >= 4 is 21.9 Å². The average Bonchev–Trinajstić information content (AvgIpc) is 2.43. The van der Waals surface area contributed by atoms with Crippen molar-refractivity contribution in [1.82, 2.24) is 0 Å². The van der Waals surface area contributed by atoms with Gasteiger partial charge in [0.2, 0.25) is 0 Å². The first-order valence-electron chi connectivity index (χ1n) is 2.58. The van der Waals surface area contributed by atoms with E-state index in [9.17, 15) is 4.79 Å². The zero-order chi connectivity index (χ0) is 6.15. The molecule has 0 radical (unpaired) electrons. The molecule has 1 atom stereocenters. The van der Waals surface area contributed by atoms with Crippen molar-refractivity contribution in [3.05, 3.63) is 0 Å². The Kier molecular flexibility index (Phi) is 1.56. The Morgan fingerprint density at radius 1 is 1.75 bits per heavy atom. The smallest absolute Gasteiger partial charge is 0.317 e. The van der Waals surface area contributed by atoms with E-state index in [-0.39, 0.29) is 4.83 Å². The molecule has 1 saturated carbocycles. The van der Waals surface area contributed by atoms with Gasteiger partial charge in [-0.25, -0.2) is 0 Å². The number of carbonyl (C=O) groups is 1. The molecule has 1 aliphatic rings. The van der Waals surface area contributed by atoms with Crippen molar-refractivity contribution < 1.29 is 9.90 Å². The molecule has 0 aromatic rings. The van der Waals surface area contributed by atoms with Crippen LogP contribution in [0.5, 0.6) is 0 Å². The van der Waals surface area contributed by atoms with Gasteiger partial charge in [-0.3, -0.25) is 4.79 Å². The SMILES string of the molecule is O=C(O)[C@@H](Br)C1CC1. The van der Waals surface area contributed by atoms with Gasteiger partial charge in [-0.1, -0.05) is 15.9 Å². The Morgan fingerprint density at radius 3 is 2.38 bits per heavy atom. The maximum atomic E-state index is 10.1. The van der Waals surface area contributed by atoms with Gasteiger partial charge in [0.25, 0.3) is 0 Å². The van der Waals surface area contributed by atoms with Gasteiger partial charge in [0.15, 0.2) is 0 Å². The van der Waals surface area contributed by atoms with Crippen LogP contribution < -0.4 is 0 Å². The van der Waals surface area contributed by atoms with Crippen LogP contribution in [0.1, 0.15) is 12.8 Å². The first-order chi connectivity index (χ1) is 3.72. The largest absolute Gasteiger partial charge is 0.480 e. The second kappa shape index (κ2) is 2.05. The highest BCUT2D eigenvalue weighted by molar-refractivity contribution is 9.10. The third-order valence-electron chi connectivity index (χ3n) is 1.27. The van der Waals surface area contributed by atoms with Gasteiger partial charge in [-0.15, -0.1) is 0 Å². The first kappa shape index (κ1) is 6.08. The van der Waals surface area contributed by atoms with Crippen LogP contribution in [0.15, 0.2) is 0 Å². The number of hydrogen-bond donors (Lipinski definition) is 1. The zero-order valence-electron chi connectivity index (χ0n) is 4.30. The van der Waals surface area contributed by atoms with Gasteiger partial charge < -0.3 is 5.11 Å². The lowest BCUT2D eigenvalue weighted by molar-refractivity contribution is -0.136. The van der Waals surface area contributed by atoms with Crippen LogP contribution in [0.2, 0.25) is 0 Å². The molecule has 0 aromatic heterocycles. The number of aliphatic carboxylic acids is 1. The molecule has 0 aromatic carbocycles. The molecular formula is C5H7BrO2. The number of carboxylic acids is 1. The zero-order valence-corrected chi connectivity index (χ0v) is 5.89. The van der Waals surface area contributed by atoms with Crippen molar-refractivity contribution in [2.75, 3.05) is 0 Å². The normalized spacial score (nSPS) is 22.6. The lowest BCUT2D eigenvalue weighted by atomic mass is 10.3. The van der Waals surface area contributed by atoms with Crippen LogP contribution in [-0.2, 0) is 4.79 Å². The highest BCUT2D eigenvalue weighted by atomic mass is 79.9. The summed E-state index contributed by atoms with van der Waals surface area (Å²) in [5.74, 6) is -0.319. The van der Waals surface area contributed by atoms with E-state index in [1.54, 1.807) is 0 Å². The molecule has 46 valence electrons. The molecule has 0 saturated heterocycles. The minimum Gasteiger partial charge on any atom is -0.480 e. The van der Waals surface area contributed by atoms with Crippen LogP contribution in [-0.4, -0.2) is 15.9 Å². The summed E-state index contributed by atoms with van der Waals surface area (Å²) in [6, 6.07) is 0. The molecule has 0 heterocycles. The molecule has 8 heavy (non-hydrogen) atoms. The highest BCUT2D eigenvalue weighted by Gasteiger charge is 2.33. The molecule has 1 N–H and O–H groups in total. The highest BCUT2D eigenvalue weighted by Crippen LogP contribution is 2.36. The predicted molar refractivity (Wildman–Crippen MR) is 33.1 cm³/mol. The van der Waals surface area contributed by atoms with E-state index in [0.29, 0.717) is 5.92 Å². The summed E-state index contributed by atoms with van der Waals surface area (Å²) in [6.45, 7) is 0. The van der Waals surface area contributed by atoms with Gasteiger partial charge >= 0.3 is 5.97 Å². The lowest BCUT2D eigenvalue weighted by Gasteiger charge is -1.96. The summed E-state index contributed by atoms with van der Waals surface area (Å²) in [5.41, 5.74) is 0. The molecule has 1 fully saturated rings. The van der Waals surface area contributed by atoms with Gasteiger partial charge in [-0.2, -0.15) is 0 Å². The predicted octanol–water partition coefficient (Wildman–Crippen LogP) is 1.24. The Labute approximate surface area is 56.0 Å². The Balaban J connectivity index is 2.32. The van der Waals surface area contributed by atoms with E-state index in [1.807, 2.05) is 0 Å². The third kappa shape index (κ3) is 1.22. The van der Waals surface area contributed by atoms with Crippen LogP contribution in [0.25, 0.3) is 0 Å². The number of halogens is 1. The van der Waals surface area contributed by atoms with Crippen molar-refractivity contribution in [1.29, 1.82) is 0 Å². The Morgan fingerprint density at radius 2 is 2.25 bits per heavy atom. The fourth-order valence-electron chi connectivity index (χ4n) is 0.591. The molecule has 3 heteroatoms. The van der Waals surface area contributed by atoms with Crippen molar-refractivity contribution in [2.24, 2.45) is 5.92 Å². The van der Waals surface area contributed by atoms with Crippen LogP contribution in [0.4, 0.5) is 0 Å². The van der Waals surface area contributed by atoms with E-state index in [0.717, 1.165) is 12.8 Å². The maximum absolute atomic E-state index is 10.1. The Hall–Kier alpha value is -0.0500. The van der Waals surface area contributed by atoms with E-state index in [1.165, 1.54) is 0 Å². The monoisotopic (exact) mass is 178 g/mol. The summed E-state index contributed by atoms with van der Waals surface area (Å²) in [4.78, 5) is 9.84. The molecule has 1 rings (SSSR count). The summed E-state index contributed by atoms with van der Waals surface area (Å²) in [5, 5.41) is 8.35. The molecule has 0 bridgehead atoms. The minimum absolute atomic E-state index is 0.289. The van der Waals surface area contributed by atoms with E-state index in [2.05, 4.69) is 15.9 Å². The molecule has 2 nitrogen and oxygen atoms in total. The topological polar surface area (TPSA) is 37.3 Å². The second-order valence-electron chi connectivity index (χ2n) is 2.08. The van der Waals surface area contributed by atoms with Gasteiger partial charge in [0.1, 0.15) is 4.83 Å². The first-order valence-corrected chi connectivity index (χ1v) is 3.50. The summed E-state index contributed by atoms with van der Waals surface area (Å²) in [6.07, 6.45) is 2.14. The number of carboxylic acid groups (broad SMARTS) is 1. The van der Waals surface area contributed by atoms with Crippen molar-refractivity contribution in [3.63, 3.8) is 0 Å². The van der Waals surface area contributed by atoms with E-state index < -0.39 is 5.97 Å². The lowest BCUT2D eigenvalue weighted by Crippen LogP contribution is -2.13. The van der Waals surface area contributed by atoms with E-state index >= 15 is 0 Å². The molecule has 0 aliphatic heterocycles. The molecule has 0 spiro atoms. The molecule has 0 amide bonds. The van der Waals surface area contributed by atoms with Crippen LogP contribution in [0, 0.1) is 5.92 Å². The summed E-state index contributed by atoms with van der Waals surface area (Å²) >= 11 is 3.07. The fourth-order valence-corrected chi connectivity index (χ4v) is 1.12. The van der Waals surface area contributed by atoms with E-state index in [4.69, 9.17) is 5.11 Å². The second-order valence-corrected chi connectivity index (χ2v) is 3.06. The average molecular weight is 179 g/mol. The molecule has 1 aliphatic carbocycles. The van der Waals surface area contributed by atoms with Gasteiger partial charge in [-0.05, 0) is 18.8 Å².